The summed E-state index contributed by atoms with van der Waals surface area (Å²) in [6, 6.07) is 19.3. The zero-order valence-corrected chi connectivity index (χ0v) is 11.2. The van der Waals surface area contributed by atoms with E-state index in [0.717, 1.165) is 19.6 Å². The van der Waals surface area contributed by atoms with Gasteiger partial charge in [0.05, 0.1) is 11.4 Å². The van der Waals surface area contributed by atoms with Gasteiger partial charge in [-0.3, -0.25) is 0 Å². The molecule has 2 heteroatoms. The van der Waals surface area contributed by atoms with Gasteiger partial charge in [-0.05, 0) is 30.5 Å². The molecule has 2 aromatic rings. The van der Waals surface area contributed by atoms with Crippen LogP contribution in [-0.2, 0) is 6.54 Å². The maximum absolute atomic E-state index is 3.54. The van der Waals surface area contributed by atoms with E-state index in [4.69, 9.17) is 0 Å². The molecule has 0 saturated heterocycles. The van der Waals surface area contributed by atoms with Crippen LogP contribution in [0.25, 0.3) is 0 Å². The third kappa shape index (κ3) is 2.90. The summed E-state index contributed by atoms with van der Waals surface area (Å²) < 4.78 is 0. The Balaban J connectivity index is 1.88. The number of hydrogen-bond acceptors (Lipinski definition) is 2. The summed E-state index contributed by atoms with van der Waals surface area (Å²) in [6.07, 6.45) is 2.48. The first-order chi connectivity index (χ1) is 9.43. The molecule has 0 aromatic heterocycles. The van der Waals surface area contributed by atoms with Crippen molar-refractivity contribution in [1.82, 2.24) is 0 Å². The van der Waals surface area contributed by atoms with Crippen molar-refractivity contribution < 1.29 is 0 Å². The topological polar surface area (TPSA) is 15.3 Å². The number of para-hydroxylation sites is 2. The van der Waals surface area contributed by atoms with Gasteiger partial charge in [0.2, 0.25) is 0 Å². The molecule has 0 amide bonds. The third-order valence-corrected chi connectivity index (χ3v) is 3.63. The van der Waals surface area contributed by atoms with Crippen molar-refractivity contribution >= 4 is 11.4 Å². The number of fused-ring (bicyclic) bond motifs is 1. The number of rotatable bonds is 2. The molecule has 98 valence electrons. The standard InChI is InChI=1S/C17H20N2/c1-2-8-15(9-3-1)14-19-13-7-6-12-18-16-10-4-5-11-17(16)19/h1-5,8-11,18H,6-7,12-14H2. The molecule has 0 radical (unpaired) electrons. The van der Waals surface area contributed by atoms with Gasteiger partial charge in [0.25, 0.3) is 0 Å². The highest BCUT2D eigenvalue weighted by Crippen LogP contribution is 2.28. The predicted octanol–water partition coefficient (Wildman–Crippen LogP) is 3.90. The summed E-state index contributed by atoms with van der Waals surface area (Å²) in [5.74, 6) is 0. The normalized spacial score (nSPS) is 15.1. The molecule has 2 nitrogen and oxygen atoms in total. The SMILES string of the molecule is c1ccc(CN2CCCCNc3ccccc32)cc1. The van der Waals surface area contributed by atoms with Gasteiger partial charge in [-0.2, -0.15) is 0 Å². The first-order valence-electron chi connectivity index (χ1n) is 7.05. The minimum Gasteiger partial charge on any atom is -0.383 e. The summed E-state index contributed by atoms with van der Waals surface area (Å²) in [5.41, 5.74) is 3.96. The van der Waals surface area contributed by atoms with E-state index in [1.807, 2.05) is 0 Å². The van der Waals surface area contributed by atoms with Gasteiger partial charge in [0.1, 0.15) is 0 Å². The molecule has 1 aliphatic rings. The number of benzene rings is 2. The largest absolute Gasteiger partial charge is 0.383 e. The Bertz CT molecular complexity index is 522. The molecule has 0 fully saturated rings. The zero-order valence-electron chi connectivity index (χ0n) is 11.2. The van der Waals surface area contributed by atoms with Crippen LogP contribution in [-0.4, -0.2) is 13.1 Å². The molecule has 1 N–H and O–H groups in total. The van der Waals surface area contributed by atoms with Gasteiger partial charge < -0.3 is 10.2 Å². The lowest BCUT2D eigenvalue weighted by atomic mass is 10.1. The zero-order chi connectivity index (χ0) is 12.9. The Morgan fingerprint density at radius 2 is 1.68 bits per heavy atom. The van der Waals surface area contributed by atoms with Crippen LogP contribution >= 0.6 is 0 Å². The van der Waals surface area contributed by atoms with Crippen molar-refractivity contribution in [3.63, 3.8) is 0 Å². The Kier molecular flexibility index (Phi) is 3.68. The highest BCUT2D eigenvalue weighted by Gasteiger charge is 2.13. The fraction of sp³-hybridized carbons (Fsp3) is 0.294. The van der Waals surface area contributed by atoms with Gasteiger partial charge in [-0.25, -0.2) is 0 Å². The second-order valence-corrected chi connectivity index (χ2v) is 5.06. The van der Waals surface area contributed by atoms with E-state index in [0.29, 0.717) is 0 Å². The summed E-state index contributed by atoms with van der Waals surface area (Å²) in [4.78, 5) is 2.48. The Morgan fingerprint density at radius 3 is 2.58 bits per heavy atom. The van der Waals surface area contributed by atoms with Crippen molar-refractivity contribution in [2.24, 2.45) is 0 Å². The fourth-order valence-corrected chi connectivity index (χ4v) is 2.64. The molecule has 2 aromatic carbocycles. The van der Waals surface area contributed by atoms with Crippen LogP contribution in [0, 0.1) is 0 Å². The Labute approximate surface area is 115 Å². The minimum atomic E-state index is 0.986. The van der Waals surface area contributed by atoms with Crippen LogP contribution in [0.1, 0.15) is 18.4 Å². The molecule has 0 atom stereocenters. The molecule has 0 spiro atoms. The second-order valence-electron chi connectivity index (χ2n) is 5.06. The molecule has 1 heterocycles. The Hall–Kier alpha value is -1.96. The second kappa shape index (κ2) is 5.79. The highest BCUT2D eigenvalue weighted by molar-refractivity contribution is 5.70. The van der Waals surface area contributed by atoms with Gasteiger partial charge in [-0.15, -0.1) is 0 Å². The molecule has 0 aliphatic carbocycles. The van der Waals surface area contributed by atoms with E-state index in [2.05, 4.69) is 64.8 Å². The van der Waals surface area contributed by atoms with Crippen LogP contribution in [0.2, 0.25) is 0 Å². The summed E-state index contributed by atoms with van der Waals surface area (Å²) in [6.45, 7) is 3.20. The molecule has 3 rings (SSSR count). The molecule has 1 aliphatic heterocycles. The molecule has 0 bridgehead atoms. The summed E-state index contributed by atoms with van der Waals surface area (Å²) >= 11 is 0. The van der Waals surface area contributed by atoms with Crippen LogP contribution in [0.5, 0.6) is 0 Å². The quantitative estimate of drug-likeness (QED) is 0.872. The number of nitrogens with zero attached hydrogens (tertiary/aromatic N) is 1. The highest BCUT2D eigenvalue weighted by atomic mass is 15.1. The van der Waals surface area contributed by atoms with E-state index in [9.17, 15) is 0 Å². The van der Waals surface area contributed by atoms with Crippen molar-refractivity contribution in [2.75, 3.05) is 23.3 Å². The fourth-order valence-electron chi connectivity index (χ4n) is 2.64. The van der Waals surface area contributed by atoms with Crippen LogP contribution in [0.3, 0.4) is 0 Å². The van der Waals surface area contributed by atoms with Crippen LogP contribution < -0.4 is 10.2 Å². The van der Waals surface area contributed by atoms with Crippen LogP contribution in [0.4, 0.5) is 11.4 Å². The van der Waals surface area contributed by atoms with E-state index in [1.54, 1.807) is 0 Å². The van der Waals surface area contributed by atoms with Crippen molar-refractivity contribution in [2.45, 2.75) is 19.4 Å². The Morgan fingerprint density at radius 1 is 0.895 bits per heavy atom. The first kappa shape index (κ1) is 12.1. The average Bonchev–Trinajstić information content (AvgIpc) is 2.45. The summed E-state index contributed by atoms with van der Waals surface area (Å²) in [7, 11) is 0. The van der Waals surface area contributed by atoms with Gasteiger partial charge >= 0.3 is 0 Å². The average molecular weight is 252 g/mol. The van der Waals surface area contributed by atoms with Crippen molar-refractivity contribution in [3.8, 4) is 0 Å². The lowest BCUT2D eigenvalue weighted by molar-refractivity contribution is 0.691. The monoisotopic (exact) mass is 252 g/mol. The molecule has 0 unspecified atom stereocenters. The van der Waals surface area contributed by atoms with Gasteiger partial charge in [0, 0.05) is 19.6 Å². The van der Waals surface area contributed by atoms with Crippen molar-refractivity contribution in [3.05, 3.63) is 60.2 Å². The van der Waals surface area contributed by atoms with Crippen LogP contribution in [0.15, 0.2) is 54.6 Å². The van der Waals surface area contributed by atoms with E-state index >= 15 is 0 Å². The maximum Gasteiger partial charge on any atom is 0.0605 e. The van der Waals surface area contributed by atoms with Gasteiger partial charge in [0.15, 0.2) is 0 Å². The minimum absolute atomic E-state index is 0.986. The van der Waals surface area contributed by atoms with Crippen molar-refractivity contribution in [1.29, 1.82) is 0 Å². The van der Waals surface area contributed by atoms with E-state index < -0.39 is 0 Å². The third-order valence-electron chi connectivity index (χ3n) is 3.63. The molecular weight excluding hydrogens is 232 g/mol. The molecular formula is C17H20N2. The summed E-state index contributed by atoms with van der Waals surface area (Å²) in [5, 5.41) is 3.54. The maximum atomic E-state index is 3.54. The predicted molar refractivity (Wildman–Crippen MR) is 81.7 cm³/mol. The van der Waals surface area contributed by atoms with Gasteiger partial charge in [-0.1, -0.05) is 42.5 Å². The number of anilines is 2. The lowest BCUT2D eigenvalue weighted by Crippen LogP contribution is -2.27. The first-order valence-corrected chi connectivity index (χ1v) is 7.05. The number of nitrogens with one attached hydrogen (secondary N) is 1. The van der Waals surface area contributed by atoms with E-state index in [-0.39, 0.29) is 0 Å². The van der Waals surface area contributed by atoms with E-state index in [1.165, 1.54) is 29.8 Å². The smallest absolute Gasteiger partial charge is 0.0605 e. The number of hydrogen-bond donors (Lipinski definition) is 1. The lowest BCUT2D eigenvalue weighted by Gasteiger charge is -2.29. The molecule has 19 heavy (non-hydrogen) atoms. The molecule has 0 saturated carbocycles.